The van der Waals surface area contributed by atoms with Crippen LogP contribution in [0.3, 0.4) is 0 Å². The van der Waals surface area contributed by atoms with Crippen molar-refractivity contribution in [3.05, 3.63) is 18.4 Å². The van der Waals surface area contributed by atoms with Crippen molar-refractivity contribution in [1.29, 1.82) is 0 Å². The van der Waals surface area contributed by atoms with Crippen LogP contribution in [0.15, 0.2) is 17.0 Å². The van der Waals surface area contributed by atoms with Crippen molar-refractivity contribution in [1.82, 2.24) is 10.3 Å². The fourth-order valence-corrected chi connectivity index (χ4v) is 0.827. The second kappa shape index (κ2) is 4.26. The van der Waals surface area contributed by atoms with Gasteiger partial charge in [0.1, 0.15) is 5.76 Å². The van der Waals surface area contributed by atoms with E-state index in [4.69, 9.17) is 4.42 Å². The summed E-state index contributed by atoms with van der Waals surface area (Å²) >= 11 is 0. The molecule has 1 atom stereocenters. The Morgan fingerprint density at radius 3 is 2.75 bits per heavy atom. The summed E-state index contributed by atoms with van der Waals surface area (Å²) in [5.74, 6) is 1.54. The molecular formula is C9H16N2O. The van der Waals surface area contributed by atoms with Crippen LogP contribution in [0.5, 0.6) is 0 Å². The molecule has 1 unspecified atom stereocenters. The highest BCUT2D eigenvalue weighted by Crippen LogP contribution is 2.02. The van der Waals surface area contributed by atoms with Gasteiger partial charge in [-0.2, -0.15) is 0 Å². The molecule has 1 heterocycles. The summed E-state index contributed by atoms with van der Waals surface area (Å²) in [6.45, 7) is 7.32. The number of nitrogens with zero attached hydrogens (tertiary/aromatic N) is 1. The molecule has 0 saturated carbocycles. The number of aromatic nitrogens is 1. The highest BCUT2D eigenvalue weighted by molar-refractivity contribution is 4.87. The van der Waals surface area contributed by atoms with Gasteiger partial charge in [0, 0.05) is 6.04 Å². The van der Waals surface area contributed by atoms with Gasteiger partial charge in [0.2, 0.25) is 0 Å². The maximum absolute atomic E-state index is 5.09. The van der Waals surface area contributed by atoms with Crippen molar-refractivity contribution in [3.8, 4) is 0 Å². The highest BCUT2D eigenvalue weighted by atomic mass is 16.3. The summed E-state index contributed by atoms with van der Waals surface area (Å²) in [7, 11) is 0. The van der Waals surface area contributed by atoms with Gasteiger partial charge in [-0.15, -0.1) is 0 Å². The minimum Gasteiger partial charge on any atom is -0.447 e. The predicted molar refractivity (Wildman–Crippen MR) is 47.6 cm³/mol. The molecule has 0 saturated heterocycles. The largest absolute Gasteiger partial charge is 0.447 e. The molecule has 3 heteroatoms. The SMILES string of the molecule is CC(C)C(C)NCc1cnco1. The first-order chi connectivity index (χ1) is 5.70. The quantitative estimate of drug-likeness (QED) is 0.745. The van der Waals surface area contributed by atoms with Gasteiger partial charge >= 0.3 is 0 Å². The van der Waals surface area contributed by atoms with E-state index in [1.807, 2.05) is 0 Å². The van der Waals surface area contributed by atoms with Gasteiger partial charge in [-0.25, -0.2) is 4.98 Å². The molecule has 0 amide bonds. The molecule has 3 nitrogen and oxygen atoms in total. The van der Waals surface area contributed by atoms with Crippen molar-refractivity contribution in [2.75, 3.05) is 0 Å². The van der Waals surface area contributed by atoms with Crippen LogP contribution >= 0.6 is 0 Å². The van der Waals surface area contributed by atoms with E-state index >= 15 is 0 Å². The molecule has 0 bridgehead atoms. The summed E-state index contributed by atoms with van der Waals surface area (Å²) in [5.41, 5.74) is 0. The lowest BCUT2D eigenvalue weighted by Crippen LogP contribution is -2.29. The Kier molecular flexibility index (Phi) is 3.29. The molecule has 0 fully saturated rings. The van der Waals surface area contributed by atoms with Gasteiger partial charge in [0.25, 0.3) is 0 Å². The van der Waals surface area contributed by atoms with Crippen LogP contribution in [0.2, 0.25) is 0 Å². The maximum Gasteiger partial charge on any atom is 0.180 e. The summed E-state index contributed by atoms with van der Waals surface area (Å²) in [4.78, 5) is 3.84. The van der Waals surface area contributed by atoms with Crippen LogP contribution in [-0.2, 0) is 6.54 Å². The Bertz CT molecular complexity index is 206. The van der Waals surface area contributed by atoms with Crippen LogP contribution in [0.4, 0.5) is 0 Å². The molecule has 0 radical (unpaired) electrons. The lowest BCUT2D eigenvalue weighted by atomic mass is 10.1. The minimum atomic E-state index is 0.509. The van der Waals surface area contributed by atoms with E-state index in [1.54, 1.807) is 6.20 Å². The number of rotatable bonds is 4. The zero-order valence-corrected chi connectivity index (χ0v) is 7.87. The van der Waals surface area contributed by atoms with Crippen LogP contribution in [0, 0.1) is 5.92 Å². The predicted octanol–water partition coefficient (Wildman–Crippen LogP) is 1.81. The molecule has 0 aromatic carbocycles. The summed E-state index contributed by atoms with van der Waals surface area (Å²) in [6.07, 6.45) is 3.19. The second-order valence-electron chi connectivity index (χ2n) is 3.38. The van der Waals surface area contributed by atoms with Crippen molar-refractivity contribution in [2.45, 2.75) is 33.4 Å². The number of nitrogens with one attached hydrogen (secondary N) is 1. The lowest BCUT2D eigenvalue weighted by Gasteiger charge is -2.15. The Morgan fingerprint density at radius 2 is 2.25 bits per heavy atom. The maximum atomic E-state index is 5.09. The van der Waals surface area contributed by atoms with Crippen LogP contribution in [0.25, 0.3) is 0 Å². The smallest absolute Gasteiger partial charge is 0.180 e. The normalized spacial score (nSPS) is 13.7. The third kappa shape index (κ3) is 2.66. The van der Waals surface area contributed by atoms with Crippen molar-refractivity contribution >= 4 is 0 Å². The van der Waals surface area contributed by atoms with E-state index in [0.717, 1.165) is 12.3 Å². The molecule has 68 valence electrons. The Balaban J connectivity index is 2.27. The van der Waals surface area contributed by atoms with E-state index in [9.17, 15) is 0 Å². The first-order valence-electron chi connectivity index (χ1n) is 4.31. The standard InChI is InChI=1S/C9H16N2O/c1-7(2)8(3)11-5-9-4-10-6-12-9/h4,6-8,11H,5H2,1-3H3. The molecule has 12 heavy (non-hydrogen) atoms. The first-order valence-corrected chi connectivity index (χ1v) is 4.31. The van der Waals surface area contributed by atoms with Crippen LogP contribution < -0.4 is 5.32 Å². The fourth-order valence-electron chi connectivity index (χ4n) is 0.827. The second-order valence-corrected chi connectivity index (χ2v) is 3.38. The van der Waals surface area contributed by atoms with Gasteiger partial charge in [0.15, 0.2) is 6.39 Å². The first kappa shape index (κ1) is 9.26. The van der Waals surface area contributed by atoms with E-state index in [1.165, 1.54) is 6.39 Å². The highest BCUT2D eigenvalue weighted by Gasteiger charge is 2.06. The fraction of sp³-hybridized carbons (Fsp3) is 0.667. The molecular weight excluding hydrogens is 152 g/mol. The zero-order chi connectivity index (χ0) is 8.97. The van der Waals surface area contributed by atoms with Crippen LogP contribution in [-0.4, -0.2) is 11.0 Å². The van der Waals surface area contributed by atoms with Gasteiger partial charge in [-0.3, -0.25) is 0 Å². The topological polar surface area (TPSA) is 38.1 Å². The van der Waals surface area contributed by atoms with Gasteiger partial charge in [-0.05, 0) is 12.8 Å². The Labute approximate surface area is 73.2 Å². The molecule has 1 aromatic rings. The summed E-state index contributed by atoms with van der Waals surface area (Å²) < 4.78 is 5.09. The third-order valence-corrected chi connectivity index (χ3v) is 2.08. The lowest BCUT2D eigenvalue weighted by molar-refractivity contribution is 0.395. The van der Waals surface area contributed by atoms with E-state index in [2.05, 4.69) is 31.1 Å². The average molecular weight is 168 g/mol. The van der Waals surface area contributed by atoms with Crippen molar-refractivity contribution in [3.63, 3.8) is 0 Å². The Hall–Kier alpha value is -0.830. The molecule has 1 aromatic heterocycles. The number of oxazole rings is 1. The van der Waals surface area contributed by atoms with E-state index in [-0.39, 0.29) is 0 Å². The van der Waals surface area contributed by atoms with E-state index < -0.39 is 0 Å². The minimum absolute atomic E-state index is 0.509. The average Bonchev–Trinajstić information content (AvgIpc) is 2.51. The zero-order valence-electron chi connectivity index (χ0n) is 7.87. The van der Waals surface area contributed by atoms with Gasteiger partial charge in [0.05, 0.1) is 12.7 Å². The van der Waals surface area contributed by atoms with Crippen LogP contribution in [0.1, 0.15) is 26.5 Å². The molecule has 0 spiro atoms. The van der Waals surface area contributed by atoms with E-state index in [0.29, 0.717) is 12.0 Å². The molecule has 1 rings (SSSR count). The van der Waals surface area contributed by atoms with Gasteiger partial charge in [-0.1, -0.05) is 13.8 Å². The monoisotopic (exact) mass is 168 g/mol. The Morgan fingerprint density at radius 1 is 1.50 bits per heavy atom. The molecule has 0 aliphatic carbocycles. The third-order valence-electron chi connectivity index (χ3n) is 2.08. The summed E-state index contributed by atoms with van der Waals surface area (Å²) in [5, 5.41) is 3.35. The molecule has 0 aliphatic rings. The van der Waals surface area contributed by atoms with Gasteiger partial charge < -0.3 is 9.73 Å². The van der Waals surface area contributed by atoms with Crippen molar-refractivity contribution in [2.24, 2.45) is 5.92 Å². The molecule has 0 aliphatic heterocycles. The van der Waals surface area contributed by atoms with Crippen molar-refractivity contribution < 1.29 is 4.42 Å². The number of hydrogen-bond acceptors (Lipinski definition) is 3. The number of hydrogen-bond donors (Lipinski definition) is 1. The summed E-state index contributed by atoms with van der Waals surface area (Å²) in [6, 6.07) is 0.509. The molecule has 1 N–H and O–H groups in total.